The summed E-state index contributed by atoms with van der Waals surface area (Å²) in [7, 11) is -2.17. The van der Waals surface area contributed by atoms with Crippen LogP contribution < -0.4 is 14.8 Å². The number of aryl methyl sites for hydroxylation is 2. The molecule has 0 aliphatic carbocycles. The molecule has 2 N–H and O–H groups in total. The fourth-order valence-corrected chi connectivity index (χ4v) is 5.66. The van der Waals surface area contributed by atoms with Gasteiger partial charge in [0.2, 0.25) is 10.0 Å². The molecular weight excluding hydrogens is 408 g/mol. The second-order valence-corrected chi connectivity index (χ2v) is 10.1. The zero-order chi connectivity index (χ0) is 22.9. The van der Waals surface area contributed by atoms with Crippen LogP contribution in [-0.2, 0) is 10.0 Å². The zero-order valence-electron chi connectivity index (χ0n) is 19.6. The first-order chi connectivity index (χ1) is 14.8. The Kier molecular flexibility index (Phi) is 9.38. The van der Waals surface area contributed by atoms with E-state index in [1.54, 1.807) is 13.2 Å². The molecule has 0 saturated heterocycles. The molecule has 6 heteroatoms. The van der Waals surface area contributed by atoms with Crippen LogP contribution >= 0.6 is 0 Å². The lowest BCUT2D eigenvalue weighted by molar-refractivity contribution is 0.326. The summed E-state index contributed by atoms with van der Waals surface area (Å²) in [5.41, 5.74) is 2.08. The molecule has 0 saturated carbocycles. The molecule has 0 atom stereocenters. The summed E-state index contributed by atoms with van der Waals surface area (Å²) in [4.78, 5) is 0.284. The Morgan fingerprint density at radius 3 is 2.10 bits per heavy atom. The molecule has 0 aliphatic rings. The van der Waals surface area contributed by atoms with Crippen molar-refractivity contribution in [3.05, 3.63) is 53.6 Å². The number of ether oxygens (including phenoxy) is 1. The van der Waals surface area contributed by atoms with Gasteiger partial charge in [-0.15, -0.1) is 0 Å². The highest BCUT2D eigenvalue weighted by molar-refractivity contribution is 7.89. The molecule has 2 rings (SSSR count). The minimum absolute atomic E-state index is 0.284. The number of para-hydroxylation sites is 1. The molecule has 0 unspecified atom stereocenters. The van der Waals surface area contributed by atoms with E-state index in [2.05, 4.69) is 23.9 Å². The average Bonchev–Trinajstić information content (AvgIpc) is 2.75. The summed E-state index contributed by atoms with van der Waals surface area (Å²) in [5, 5.41) is 3.47. The zero-order valence-corrected chi connectivity index (χ0v) is 20.4. The number of rotatable bonds is 13. The summed E-state index contributed by atoms with van der Waals surface area (Å²) < 4.78 is 35.7. The van der Waals surface area contributed by atoms with Gasteiger partial charge in [-0.1, -0.05) is 63.8 Å². The van der Waals surface area contributed by atoms with Crippen molar-refractivity contribution < 1.29 is 13.2 Å². The molecule has 0 aromatic heterocycles. The number of methoxy groups -OCH3 is 1. The fraction of sp³-hybridized carbons (Fsp3) is 0.520. The number of unbranched alkanes of at least 4 members (excludes halogenated alkanes) is 2. The Balaban J connectivity index is 2.41. The normalized spacial score (nSPS) is 12.0. The van der Waals surface area contributed by atoms with Gasteiger partial charge in [0.05, 0.1) is 17.5 Å². The third-order valence-corrected chi connectivity index (χ3v) is 7.48. The van der Waals surface area contributed by atoms with Crippen molar-refractivity contribution in [2.75, 3.05) is 19.0 Å². The third kappa shape index (κ3) is 6.97. The Labute approximate surface area is 188 Å². The summed E-state index contributed by atoms with van der Waals surface area (Å²) >= 11 is 0. The largest absolute Gasteiger partial charge is 0.496 e. The summed E-state index contributed by atoms with van der Waals surface area (Å²) in [5.74, 6) is 0.584. The van der Waals surface area contributed by atoms with Gasteiger partial charge in [0, 0.05) is 18.3 Å². The first-order valence-corrected chi connectivity index (χ1v) is 12.7. The van der Waals surface area contributed by atoms with Gasteiger partial charge in [0.15, 0.2) is 0 Å². The van der Waals surface area contributed by atoms with Crippen LogP contribution in [0, 0.1) is 13.8 Å². The quantitative estimate of drug-likeness (QED) is 0.407. The van der Waals surface area contributed by atoms with Crippen LogP contribution in [0.4, 0.5) is 5.69 Å². The Hall–Kier alpha value is -2.05. The molecule has 0 fully saturated rings. The van der Waals surface area contributed by atoms with Crippen molar-refractivity contribution in [1.29, 1.82) is 0 Å². The molecule has 172 valence electrons. The van der Waals surface area contributed by atoms with Gasteiger partial charge in [0.25, 0.3) is 0 Å². The molecule has 5 nitrogen and oxygen atoms in total. The molecule has 0 amide bonds. The Bertz CT molecular complexity index is 919. The van der Waals surface area contributed by atoms with E-state index in [1.807, 2.05) is 50.2 Å². The number of anilines is 1. The molecule has 0 bridgehead atoms. The lowest BCUT2D eigenvalue weighted by atomic mass is 9.88. The minimum Gasteiger partial charge on any atom is -0.496 e. The van der Waals surface area contributed by atoms with Crippen molar-refractivity contribution in [3.8, 4) is 5.75 Å². The van der Waals surface area contributed by atoms with E-state index >= 15 is 0 Å². The third-order valence-electron chi connectivity index (χ3n) is 5.76. The molecule has 0 spiro atoms. The average molecular weight is 447 g/mol. The molecule has 0 radical (unpaired) electrons. The molecule has 31 heavy (non-hydrogen) atoms. The number of hydrogen-bond acceptors (Lipinski definition) is 4. The van der Waals surface area contributed by atoms with Gasteiger partial charge in [-0.3, -0.25) is 0 Å². The maximum Gasteiger partial charge on any atom is 0.241 e. The van der Waals surface area contributed by atoms with Crippen LogP contribution in [0.1, 0.15) is 63.5 Å². The summed E-state index contributed by atoms with van der Waals surface area (Å²) in [6.45, 7) is 8.57. The first kappa shape index (κ1) is 25.2. The Morgan fingerprint density at radius 1 is 0.935 bits per heavy atom. The topological polar surface area (TPSA) is 67.4 Å². The monoisotopic (exact) mass is 446 g/mol. The number of benzene rings is 2. The number of sulfonamides is 1. The van der Waals surface area contributed by atoms with Crippen molar-refractivity contribution in [2.45, 2.75) is 76.7 Å². The van der Waals surface area contributed by atoms with E-state index in [-0.39, 0.29) is 4.90 Å². The highest BCUT2D eigenvalue weighted by Gasteiger charge is 2.35. The predicted octanol–water partition coefficient (Wildman–Crippen LogP) is 5.82. The summed E-state index contributed by atoms with van der Waals surface area (Å²) in [6.07, 6.45) is 5.50. The van der Waals surface area contributed by atoms with E-state index in [9.17, 15) is 8.42 Å². The van der Waals surface area contributed by atoms with Crippen LogP contribution in [0.15, 0.2) is 47.4 Å². The van der Waals surface area contributed by atoms with E-state index in [4.69, 9.17) is 4.74 Å². The highest BCUT2D eigenvalue weighted by atomic mass is 32.2. The predicted molar refractivity (Wildman–Crippen MR) is 130 cm³/mol. The van der Waals surface area contributed by atoms with Crippen LogP contribution in [-0.4, -0.2) is 27.6 Å². The van der Waals surface area contributed by atoms with Crippen LogP contribution in [0.3, 0.4) is 0 Å². The maximum absolute atomic E-state index is 13.6. The lowest BCUT2D eigenvalue weighted by Crippen LogP contribution is -2.53. The van der Waals surface area contributed by atoms with Gasteiger partial charge in [-0.05, 0) is 49.9 Å². The van der Waals surface area contributed by atoms with Crippen LogP contribution in [0.25, 0.3) is 0 Å². The van der Waals surface area contributed by atoms with E-state index in [1.165, 1.54) is 0 Å². The van der Waals surface area contributed by atoms with Crippen LogP contribution in [0.2, 0.25) is 0 Å². The van der Waals surface area contributed by atoms with Gasteiger partial charge in [-0.25, -0.2) is 13.1 Å². The first-order valence-electron chi connectivity index (χ1n) is 11.2. The van der Waals surface area contributed by atoms with Crippen LogP contribution in [0.5, 0.6) is 5.75 Å². The van der Waals surface area contributed by atoms with E-state index in [0.717, 1.165) is 55.3 Å². The number of nitrogens with one attached hydrogen (secondary N) is 2. The van der Waals surface area contributed by atoms with Crippen molar-refractivity contribution in [1.82, 2.24) is 4.72 Å². The standard InChI is InChI=1S/C25H38N2O3S/c1-6-8-15-25(16-9-7-2,19-26-22-13-11-10-12-14-22)27-31(28,29)24-18-23(30-5)20(3)17-21(24)4/h10-14,17-18,26-27H,6-9,15-16,19H2,1-5H3. The maximum atomic E-state index is 13.6. The Morgan fingerprint density at radius 2 is 1.55 bits per heavy atom. The lowest BCUT2D eigenvalue weighted by Gasteiger charge is -2.35. The van der Waals surface area contributed by atoms with E-state index in [0.29, 0.717) is 12.3 Å². The van der Waals surface area contributed by atoms with E-state index < -0.39 is 15.6 Å². The molecule has 2 aromatic carbocycles. The SMILES string of the molecule is CCCCC(CCCC)(CNc1ccccc1)NS(=O)(=O)c1cc(OC)c(C)cc1C. The minimum atomic E-state index is -3.73. The van der Waals surface area contributed by atoms with Gasteiger partial charge in [0.1, 0.15) is 5.75 Å². The smallest absolute Gasteiger partial charge is 0.241 e. The number of hydrogen-bond donors (Lipinski definition) is 2. The molecule has 2 aromatic rings. The van der Waals surface area contributed by atoms with Gasteiger partial charge >= 0.3 is 0 Å². The summed E-state index contributed by atoms with van der Waals surface area (Å²) in [6, 6.07) is 13.5. The van der Waals surface area contributed by atoms with Crippen molar-refractivity contribution >= 4 is 15.7 Å². The fourth-order valence-electron chi connectivity index (χ4n) is 3.96. The molecule has 0 heterocycles. The molecular formula is C25H38N2O3S. The highest BCUT2D eigenvalue weighted by Crippen LogP contribution is 2.30. The van der Waals surface area contributed by atoms with Crippen molar-refractivity contribution in [3.63, 3.8) is 0 Å². The second kappa shape index (κ2) is 11.5. The van der Waals surface area contributed by atoms with Gasteiger partial charge < -0.3 is 10.1 Å². The van der Waals surface area contributed by atoms with Gasteiger partial charge in [-0.2, -0.15) is 0 Å². The molecule has 0 aliphatic heterocycles. The second-order valence-electron chi connectivity index (χ2n) is 8.40. The van der Waals surface area contributed by atoms with Crippen molar-refractivity contribution in [2.24, 2.45) is 0 Å².